The number of aliphatic hydroxyl groups excluding tert-OH is 1. The second kappa shape index (κ2) is 18.0. The fourth-order valence-corrected chi connectivity index (χ4v) is 4.46. The molecule has 5 heteroatoms. The van der Waals surface area contributed by atoms with E-state index in [9.17, 15) is 9.90 Å². The lowest BCUT2D eigenvalue weighted by Crippen LogP contribution is -2.44. The van der Waals surface area contributed by atoms with E-state index in [1.54, 1.807) is 0 Å². The molecule has 3 N–H and O–H groups in total. The molecule has 1 rings (SSSR count). The largest absolute Gasteiger partial charge is 0.391 e. The van der Waals surface area contributed by atoms with Crippen LogP contribution in [-0.4, -0.2) is 36.2 Å². The Kier molecular flexibility index (Phi) is 17.7. The molecule has 0 aromatic rings. The normalized spacial score (nSPS) is 17.8. The van der Waals surface area contributed by atoms with Gasteiger partial charge in [-0.05, 0) is 56.9 Å². The zero-order valence-corrected chi connectivity index (χ0v) is 20.7. The van der Waals surface area contributed by atoms with E-state index >= 15 is 0 Å². The molecule has 0 heterocycles. The monoisotopic (exact) mass is 444 g/mol. The van der Waals surface area contributed by atoms with Gasteiger partial charge in [0, 0.05) is 18.5 Å². The Morgan fingerprint density at radius 1 is 1.17 bits per heavy atom. The molecule has 1 fully saturated rings. The van der Waals surface area contributed by atoms with Crippen LogP contribution >= 0.6 is 12.4 Å². The van der Waals surface area contributed by atoms with Gasteiger partial charge in [-0.3, -0.25) is 4.79 Å². The van der Waals surface area contributed by atoms with Gasteiger partial charge in [0.15, 0.2) is 0 Å². The summed E-state index contributed by atoms with van der Waals surface area (Å²) in [6.07, 6.45) is 14.4. The molecule has 3 unspecified atom stereocenters. The van der Waals surface area contributed by atoms with Gasteiger partial charge in [-0.1, -0.05) is 65.4 Å². The minimum atomic E-state index is -0.488. The van der Waals surface area contributed by atoms with E-state index in [0.717, 1.165) is 38.8 Å². The number of amides is 1. The molecular weight excluding hydrogens is 396 g/mol. The van der Waals surface area contributed by atoms with Gasteiger partial charge < -0.3 is 15.7 Å². The van der Waals surface area contributed by atoms with Crippen LogP contribution in [0.1, 0.15) is 97.8 Å². The van der Waals surface area contributed by atoms with Crippen molar-refractivity contribution in [3.63, 3.8) is 0 Å². The number of halogens is 1. The highest BCUT2D eigenvalue weighted by atomic mass is 35.5. The van der Waals surface area contributed by atoms with Crippen LogP contribution in [0.25, 0.3) is 0 Å². The van der Waals surface area contributed by atoms with Gasteiger partial charge in [0.1, 0.15) is 0 Å². The second-order valence-corrected chi connectivity index (χ2v) is 9.51. The molecule has 3 atom stereocenters. The van der Waals surface area contributed by atoms with Gasteiger partial charge in [0.05, 0.1) is 6.10 Å². The first-order chi connectivity index (χ1) is 14.0. The summed E-state index contributed by atoms with van der Waals surface area (Å²) in [6, 6.07) is 0.0843. The number of allylic oxidation sites excluding steroid dienone is 1. The van der Waals surface area contributed by atoms with E-state index < -0.39 is 6.10 Å². The minimum Gasteiger partial charge on any atom is -0.391 e. The highest BCUT2D eigenvalue weighted by Crippen LogP contribution is 2.29. The van der Waals surface area contributed by atoms with Crippen LogP contribution in [-0.2, 0) is 4.79 Å². The number of nitrogens with one attached hydrogen (secondary N) is 2. The van der Waals surface area contributed by atoms with Crippen molar-refractivity contribution in [2.75, 3.05) is 13.1 Å². The number of carbonyl (C=O) groups is 1. The molecule has 0 aromatic carbocycles. The van der Waals surface area contributed by atoms with Crippen LogP contribution in [0.5, 0.6) is 0 Å². The number of carbonyl (C=O) groups excluding carboxylic acids is 1. The first kappa shape index (κ1) is 29.4. The Morgan fingerprint density at radius 2 is 1.87 bits per heavy atom. The molecule has 0 saturated heterocycles. The van der Waals surface area contributed by atoms with Crippen LogP contribution in [0, 0.1) is 17.8 Å². The maximum atomic E-state index is 12.6. The molecule has 0 radical (unpaired) electrons. The van der Waals surface area contributed by atoms with E-state index in [0.29, 0.717) is 24.7 Å². The van der Waals surface area contributed by atoms with Crippen molar-refractivity contribution in [3.05, 3.63) is 12.7 Å². The summed E-state index contributed by atoms with van der Waals surface area (Å²) in [7, 11) is 0. The molecule has 1 amide bonds. The highest BCUT2D eigenvalue weighted by molar-refractivity contribution is 5.85. The fraction of sp³-hybridized carbons (Fsp3) is 0.880. The lowest BCUT2D eigenvalue weighted by Gasteiger charge is -2.32. The van der Waals surface area contributed by atoms with E-state index in [1.807, 2.05) is 6.08 Å². The number of aliphatic hydroxyl groups is 1. The van der Waals surface area contributed by atoms with E-state index in [1.165, 1.54) is 38.5 Å². The van der Waals surface area contributed by atoms with Gasteiger partial charge >= 0.3 is 0 Å². The molecule has 0 aromatic heterocycles. The van der Waals surface area contributed by atoms with E-state index in [4.69, 9.17) is 0 Å². The van der Waals surface area contributed by atoms with E-state index in [-0.39, 0.29) is 30.3 Å². The van der Waals surface area contributed by atoms with Gasteiger partial charge in [-0.15, -0.1) is 19.0 Å². The Labute approximate surface area is 192 Å². The third-order valence-corrected chi connectivity index (χ3v) is 6.32. The summed E-state index contributed by atoms with van der Waals surface area (Å²) in [5, 5.41) is 17.8. The Balaban J connectivity index is 0.00000841. The molecule has 1 saturated carbocycles. The average Bonchev–Trinajstić information content (AvgIpc) is 2.70. The van der Waals surface area contributed by atoms with Gasteiger partial charge in [-0.2, -0.15) is 0 Å². The van der Waals surface area contributed by atoms with Crippen LogP contribution in [0.4, 0.5) is 0 Å². The zero-order chi connectivity index (χ0) is 21.5. The van der Waals surface area contributed by atoms with Crippen molar-refractivity contribution in [1.29, 1.82) is 0 Å². The first-order valence-electron chi connectivity index (χ1n) is 12.3. The molecule has 4 nitrogen and oxygen atoms in total. The highest BCUT2D eigenvalue weighted by Gasteiger charge is 2.28. The third kappa shape index (κ3) is 13.0. The topological polar surface area (TPSA) is 61.4 Å². The number of rotatable bonds is 16. The van der Waals surface area contributed by atoms with Crippen LogP contribution in [0.3, 0.4) is 0 Å². The summed E-state index contributed by atoms with van der Waals surface area (Å²) in [5.41, 5.74) is 0. The molecule has 1 aliphatic carbocycles. The average molecular weight is 445 g/mol. The van der Waals surface area contributed by atoms with Crippen molar-refractivity contribution >= 4 is 18.3 Å². The zero-order valence-electron chi connectivity index (χ0n) is 19.8. The van der Waals surface area contributed by atoms with Crippen LogP contribution in [0.2, 0.25) is 0 Å². The molecule has 1 aliphatic rings. The van der Waals surface area contributed by atoms with Crippen LogP contribution < -0.4 is 10.6 Å². The summed E-state index contributed by atoms with van der Waals surface area (Å²) < 4.78 is 0. The summed E-state index contributed by atoms with van der Waals surface area (Å²) in [5.74, 6) is 1.29. The molecular formula is C25H49ClN2O2. The number of hydrogen-bond acceptors (Lipinski definition) is 3. The van der Waals surface area contributed by atoms with Crippen molar-refractivity contribution in [3.8, 4) is 0 Å². The standard InChI is InChI=1S/C25H48N2O2.ClH/c1-5-7-16-27-25(29)22(12-6-2)19-24(28)23(26-17-11-13-20(3)4)18-21-14-9-8-10-15-21;/h6,20-24,26,28H,2,5,7-19H2,1,3-4H3,(H,27,29);1H. The quantitative estimate of drug-likeness (QED) is 0.213. The van der Waals surface area contributed by atoms with Crippen molar-refractivity contribution in [2.24, 2.45) is 17.8 Å². The molecule has 0 bridgehead atoms. The smallest absolute Gasteiger partial charge is 0.223 e. The summed E-state index contributed by atoms with van der Waals surface area (Å²) in [4.78, 5) is 12.6. The first-order valence-corrected chi connectivity index (χ1v) is 12.3. The maximum absolute atomic E-state index is 12.6. The van der Waals surface area contributed by atoms with E-state index in [2.05, 4.69) is 38.0 Å². The lowest BCUT2D eigenvalue weighted by atomic mass is 9.82. The molecule has 30 heavy (non-hydrogen) atoms. The SMILES string of the molecule is C=CCC(CC(O)C(CC1CCCCC1)NCCCC(C)C)C(=O)NCCCC.Cl. The van der Waals surface area contributed by atoms with Crippen molar-refractivity contribution in [2.45, 2.75) is 110 Å². The van der Waals surface area contributed by atoms with Crippen molar-refractivity contribution < 1.29 is 9.90 Å². The number of hydrogen-bond donors (Lipinski definition) is 3. The fourth-order valence-electron chi connectivity index (χ4n) is 4.46. The lowest BCUT2D eigenvalue weighted by molar-refractivity contribution is -0.126. The predicted octanol–water partition coefficient (Wildman–Crippen LogP) is 5.63. The minimum absolute atomic E-state index is 0. The maximum Gasteiger partial charge on any atom is 0.223 e. The van der Waals surface area contributed by atoms with Gasteiger partial charge in [-0.25, -0.2) is 0 Å². The third-order valence-electron chi connectivity index (χ3n) is 6.32. The second-order valence-electron chi connectivity index (χ2n) is 9.51. The number of unbranched alkanes of at least 4 members (excludes halogenated alkanes) is 1. The summed E-state index contributed by atoms with van der Waals surface area (Å²) in [6.45, 7) is 12.1. The van der Waals surface area contributed by atoms with Crippen LogP contribution in [0.15, 0.2) is 12.7 Å². The Bertz CT molecular complexity index is 439. The molecule has 178 valence electrons. The molecule has 0 aliphatic heterocycles. The Morgan fingerprint density at radius 3 is 2.47 bits per heavy atom. The Hall–Kier alpha value is -0.580. The summed E-state index contributed by atoms with van der Waals surface area (Å²) >= 11 is 0. The van der Waals surface area contributed by atoms with Crippen molar-refractivity contribution in [1.82, 2.24) is 10.6 Å². The molecule has 0 spiro atoms. The van der Waals surface area contributed by atoms with Gasteiger partial charge in [0.2, 0.25) is 5.91 Å². The predicted molar refractivity (Wildman–Crippen MR) is 131 cm³/mol. The van der Waals surface area contributed by atoms with Gasteiger partial charge in [0.25, 0.3) is 0 Å².